The molecule has 1 aromatic carbocycles. The molecular weight excluding hydrogens is 576 g/mol. The highest BCUT2D eigenvalue weighted by molar-refractivity contribution is 9.10. The van der Waals surface area contributed by atoms with Crippen molar-refractivity contribution in [3.63, 3.8) is 0 Å². The molecular formula is C26H26Br2N4O3. The molecule has 2 aromatic heterocycles. The van der Waals surface area contributed by atoms with Gasteiger partial charge in [0.2, 0.25) is 0 Å². The van der Waals surface area contributed by atoms with Gasteiger partial charge in [-0.1, -0.05) is 12.1 Å². The first-order chi connectivity index (χ1) is 16.8. The molecule has 2 unspecified atom stereocenters. The maximum atomic E-state index is 12.5. The zero-order chi connectivity index (χ0) is 25.1. The first kappa shape index (κ1) is 25.6. The molecule has 7 nitrogen and oxygen atoms in total. The highest BCUT2D eigenvalue weighted by Gasteiger charge is 2.43. The van der Waals surface area contributed by atoms with Crippen LogP contribution in [-0.4, -0.2) is 38.4 Å². The Hall–Kier alpha value is -2.46. The van der Waals surface area contributed by atoms with Gasteiger partial charge in [0, 0.05) is 34.0 Å². The number of fused-ring (bicyclic) bond motifs is 3. The summed E-state index contributed by atoms with van der Waals surface area (Å²) < 4.78 is 1.97. The number of carbonyl (C=O) groups is 2. The molecule has 0 spiro atoms. The quantitative estimate of drug-likeness (QED) is 0.383. The number of hydrogen-bond donors (Lipinski definition) is 2. The van der Waals surface area contributed by atoms with Gasteiger partial charge in [-0.2, -0.15) is 0 Å². The first-order valence-electron chi connectivity index (χ1n) is 11.5. The lowest BCUT2D eigenvalue weighted by Crippen LogP contribution is -2.33. The van der Waals surface area contributed by atoms with Crippen molar-refractivity contribution in [3.8, 4) is 0 Å². The van der Waals surface area contributed by atoms with Crippen molar-refractivity contribution in [3.05, 3.63) is 91.4 Å². The Kier molecular flexibility index (Phi) is 8.11. The number of aromatic nitrogens is 2. The Morgan fingerprint density at radius 3 is 2.00 bits per heavy atom. The van der Waals surface area contributed by atoms with E-state index in [1.807, 2.05) is 12.3 Å². The summed E-state index contributed by atoms with van der Waals surface area (Å²) in [6.07, 6.45) is 7.21. The second kappa shape index (κ2) is 11.1. The van der Waals surface area contributed by atoms with Gasteiger partial charge in [0.15, 0.2) is 0 Å². The number of carbonyl (C=O) groups excluding carboxylic acids is 2. The summed E-state index contributed by atoms with van der Waals surface area (Å²) >= 11 is 6.79. The molecule has 2 amide bonds. The minimum absolute atomic E-state index is 0.165. The van der Waals surface area contributed by atoms with E-state index >= 15 is 0 Å². The summed E-state index contributed by atoms with van der Waals surface area (Å²) in [7, 11) is 0. The maximum Gasteiger partial charge on any atom is 0.262 e. The summed E-state index contributed by atoms with van der Waals surface area (Å²) in [6, 6.07) is 11.0. The number of nitrogens with two attached hydrogens (primary N) is 1. The molecule has 3 heterocycles. The van der Waals surface area contributed by atoms with Gasteiger partial charge < -0.3 is 10.8 Å². The lowest BCUT2D eigenvalue weighted by atomic mass is 10.1. The molecule has 2 atom stereocenters. The Bertz CT molecular complexity index is 1230. The number of hydrogen-bond acceptors (Lipinski definition) is 6. The van der Waals surface area contributed by atoms with Crippen molar-refractivity contribution in [2.45, 2.75) is 44.7 Å². The number of imide groups is 1. The number of pyridine rings is 2. The first-order valence-corrected chi connectivity index (χ1v) is 13.1. The summed E-state index contributed by atoms with van der Waals surface area (Å²) in [5, 5.41) is 7.57. The van der Waals surface area contributed by atoms with E-state index in [1.54, 1.807) is 37.4 Å². The number of rotatable bonds is 1. The van der Waals surface area contributed by atoms with Crippen LogP contribution in [0.25, 0.3) is 0 Å². The highest BCUT2D eigenvalue weighted by atomic mass is 79.9. The average Bonchev–Trinajstić information content (AvgIpc) is 3.49. The van der Waals surface area contributed by atoms with E-state index in [-0.39, 0.29) is 30.5 Å². The second-order valence-corrected chi connectivity index (χ2v) is 10.3. The summed E-state index contributed by atoms with van der Waals surface area (Å²) in [6.45, 7) is 1.93. The minimum atomic E-state index is -0.250. The van der Waals surface area contributed by atoms with E-state index in [1.165, 1.54) is 10.5 Å². The SMILES string of the molecule is CCO.NC1CCc2cc(Br)cnc21.O=C1c2ccccc2C(=O)N1C1CCc2cc(Br)cnc21. The zero-order valence-corrected chi connectivity index (χ0v) is 22.4. The summed E-state index contributed by atoms with van der Waals surface area (Å²) in [5.41, 5.74) is 11.1. The smallest absolute Gasteiger partial charge is 0.262 e. The Morgan fingerprint density at radius 1 is 0.943 bits per heavy atom. The third kappa shape index (κ3) is 5.23. The molecule has 3 aliphatic rings. The molecule has 0 saturated heterocycles. The molecule has 1 aliphatic heterocycles. The van der Waals surface area contributed by atoms with Crippen molar-refractivity contribution in [1.29, 1.82) is 0 Å². The van der Waals surface area contributed by atoms with Crippen LogP contribution in [0.15, 0.2) is 57.7 Å². The molecule has 182 valence electrons. The van der Waals surface area contributed by atoms with Crippen molar-refractivity contribution in [1.82, 2.24) is 14.9 Å². The molecule has 3 N–H and O–H groups in total. The fourth-order valence-electron chi connectivity index (χ4n) is 4.64. The normalized spacial score (nSPS) is 19.3. The van der Waals surface area contributed by atoms with Gasteiger partial charge in [0.05, 0.1) is 28.6 Å². The van der Waals surface area contributed by atoms with Crippen LogP contribution >= 0.6 is 31.9 Å². The number of aliphatic hydroxyl groups excluding tert-OH is 1. The largest absolute Gasteiger partial charge is 0.397 e. The predicted molar refractivity (Wildman–Crippen MR) is 140 cm³/mol. The van der Waals surface area contributed by atoms with E-state index in [0.29, 0.717) is 11.1 Å². The number of halogens is 2. The van der Waals surface area contributed by atoms with Crippen LogP contribution in [0.3, 0.4) is 0 Å². The lowest BCUT2D eigenvalue weighted by Gasteiger charge is -2.22. The van der Waals surface area contributed by atoms with Crippen LogP contribution < -0.4 is 5.73 Å². The van der Waals surface area contributed by atoms with E-state index < -0.39 is 0 Å². The molecule has 35 heavy (non-hydrogen) atoms. The highest BCUT2D eigenvalue weighted by Crippen LogP contribution is 2.39. The van der Waals surface area contributed by atoms with Crippen molar-refractivity contribution in [2.75, 3.05) is 6.61 Å². The lowest BCUT2D eigenvalue weighted by molar-refractivity contribution is 0.0579. The van der Waals surface area contributed by atoms with Crippen LogP contribution in [0.2, 0.25) is 0 Å². The van der Waals surface area contributed by atoms with Crippen LogP contribution in [0.5, 0.6) is 0 Å². The second-order valence-electron chi connectivity index (χ2n) is 8.44. The van der Waals surface area contributed by atoms with Crippen molar-refractivity contribution < 1.29 is 14.7 Å². The number of aliphatic hydroxyl groups is 1. The zero-order valence-electron chi connectivity index (χ0n) is 19.2. The number of benzene rings is 1. The molecule has 6 rings (SSSR count). The van der Waals surface area contributed by atoms with Crippen molar-refractivity contribution in [2.24, 2.45) is 5.73 Å². The average molecular weight is 602 g/mol. The van der Waals surface area contributed by atoms with Gasteiger partial charge in [-0.05, 0) is 99.9 Å². The molecule has 9 heteroatoms. The number of aryl methyl sites for hydroxylation is 2. The van der Waals surface area contributed by atoms with Crippen LogP contribution in [0.1, 0.15) is 75.1 Å². The molecule has 2 aliphatic carbocycles. The van der Waals surface area contributed by atoms with E-state index in [4.69, 9.17) is 10.8 Å². The van der Waals surface area contributed by atoms with Crippen LogP contribution in [0.4, 0.5) is 0 Å². The molecule has 3 aromatic rings. The van der Waals surface area contributed by atoms with E-state index in [0.717, 1.165) is 51.6 Å². The fraction of sp³-hybridized carbons (Fsp3) is 0.308. The number of amides is 2. The maximum absolute atomic E-state index is 12.5. The Labute approximate surface area is 221 Å². The van der Waals surface area contributed by atoms with Gasteiger partial charge in [0.25, 0.3) is 11.8 Å². The van der Waals surface area contributed by atoms with Gasteiger partial charge in [0.1, 0.15) is 0 Å². The molecule has 0 saturated carbocycles. The third-order valence-corrected chi connectivity index (χ3v) is 7.02. The van der Waals surface area contributed by atoms with Gasteiger partial charge in [-0.3, -0.25) is 24.5 Å². The summed E-state index contributed by atoms with van der Waals surface area (Å²) in [4.78, 5) is 35.1. The van der Waals surface area contributed by atoms with Gasteiger partial charge in [-0.15, -0.1) is 0 Å². The molecule has 0 bridgehead atoms. The van der Waals surface area contributed by atoms with Crippen LogP contribution in [0, 0.1) is 0 Å². The van der Waals surface area contributed by atoms with E-state index in [9.17, 15) is 9.59 Å². The standard InChI is InChI=1S/C16H11BrN2O2.C8H9BrN2.C2H6O/c17-10-7-9-5-6-13(14(9)18-8-10)19-15(20)11-3-1-2-4-12(11)16(19)21;9-6-3-5-1-2-7(10)8(5)11-4-6;1-2-3/h1-4,7-8,13H,5-6H2;3-4,7H,1-2,10H2;3H,2H2,1H3. The Balaban J connectivity index is 0.000000173. The van der Waals surface area contributed by atoms with Crippen molar-refractivity contribution >= 4 is 43.7 Å². The van der Waals surface area contributed by atoms with Crippen LogP contribution in [-0.2, 0) is 12.8 Å². The fourth-order valence-corrected chi connectivity index (χ4v) is 5.39. The Morgan fingerprint density at radius 2 is 1.43 bits per heavy atom. The summed E-state index contributed by atoms with van der Waals surface area (Å²) in [5.74, 6) is -0.420. The van der Waals surface area contributed by atoms with Gasteiger partial charge >= 0.3 is 0 Å². The van der Waals surface area contributed by atoms with E-state index in [2.05, 4.69) is 47.9 Å². The minimum Gasteiger partial charge on any atom is -0.397 e. The topological polar surface area (TPSA) is 109 Å². The molecule has 0 fully saturated rings. The number of nitrogens with zero attached hydrogens (tertiary/aromatic N) is 3. The monoisotopic (exact) mass is 600 g/mol. The van der Waals surface area contributed by atoms with Gasteiger partial charge in [-0.25, -0.2) is 0 Å². The molecule has 0 radical (unpaired) electrons. The predicted octanol–water partition coefficient (Wildman–Crippen LogP) is 4.92. The third-order valence-electron chi connectivity index (χ3n) is 6.15.